The lowest BCUT2D eigenvalue weighted by atomic mass is 10.2. The summed E-state index contributed by atoms with van der Waals surface area (Å²) >= 11 is 0. The largest absolute Gasteiger partial charge is 0.412 e. The van der Waals surface area contributed by atoms with Crippen LogP contribution in [0.2, 0.25) is 0 Å². The fraction of sp³-hybridized carbons (Fsp3) is 1.00. The molecule has 60 valence electrons. The van der Waals surface area contributed by atoms with Crippen LogP contribution in [-0.2, 0) is 4.74 Å². The molecule has 1 aliphatic heterocycles. The molecule has 0 radical (unpaired) electrons. The maximum absolute atomic E-state index is 9.04. The summed E-state index contributed by atoms with van der Waals surface area (Å²) in [6, 6.07) is 0. The van der Waals surface area contributed by atoms with Gasteiger partial charge in [-0.15, -0.1) is 0 Å². The monoisotopic (exact) mass is 178 g/mol. The van der Waals surface area contributed by atoms with Gasteiger partial charge in [-0.05, 0) is 19.3 Å². The van der Waals surface area contributed by atoms with Crippen molar-refractivity contribution in [2.24, 2.45) is 0 Å². The van der Waals surface area contributed by atoms with Crippen molar-refractivity contribution in [3.05, 3.63) is 0 Å². The van der Waals surface area contributed by atoms with Gasteiger partial charge in [-0.25, -0.2) is 0 Å². The molecule has 3 nitrogen and oxygen atoms in total. The van der Waals surface area contributed by atoms with Crippen molar-refractivity contribution in [3.8, 4) is 0 Å². The second-order valence-electron chi connectivity index (χ2n) is 2.99. The molecule has 1 aliphatic rings. The molecular weight excluding hydrogens is 164 g/mol. The zero-order valence-electron chi connectivity index (χ0n) is 6.21. The van der Waals surface area contributed by atoms with E-state index in [-0.39, 0.29) is 0 Å². The SMILES string of the molecule is O[SiH](O)C1([SiH3])CCCCO1. The van der Waals surface area contributed by atoms with Crippen molar-refractivity contribution in [1.82, 2.24) is 0 Å². The molecule has 5 heteroatoms. The van der Waals surface area contributed by atoms with Gasteiger partial charge in [0, 0.05) is 16.8 Å². The molecule has 0 aromatic rings. The first kappa shape index (κ1) is 8.41. The van der Waals surface area contributed by atoms with Gasteiger partial charge in [0.15, 0.2) is 0 Å². The molecule has 1 saturated heterocycles. The van der Waals surface area contributed by atoms with Crippen molar-refractivity contribution in [1.29, 1.82) is 0 Å². The van der Waals surface area contributed by atoms with Crippen molar-refractivity contribution in [2.75, 3.05) is 6.61 Å². The maximum atomic E-state index is 9.04. The zero-order valence-corrected chi connectivity index (χ0v) is 9.36. The predicted octanol–water partition coefficient (Wildman–Crippen LogP) is -2.01. The van der Waals surface area contributed by atoms with E-state index in [4.69, 9.17) is 14.3 Å². The molecule has 1 atom stereocenters. The van der Waals surface area contributed by atoms with Crippen molar-refractivity contribution in [2.45, 2.75) is 24.1 Å². The van der Waals surface area contributed by atoms with E-state index in [0.717, 1.165) is 29.5 Å². The van der Waals surface area contributed by atoms with Crippen molar-refractivity contribution in [3.63, 3.8) is 0 Å². The standard InChI is InChI=1S/C5H14O3Si2/c6-10(7)5(9)3-1-2-4-8-5/h6-7,10H,1-4H2,9H3. The van der Waals surface area contributed by atoms with Crippen molar-refractivity contribution < 1.29 is 14.3 Å². The van der Waals surface area contributed by atoms with E-state index in [1.54, 1.807) is 0 Å². The normalized spacial score (nSPS) is 35.1. The van der Waals surface area contributed by atoms with Crippen LogP contribution in [0.25, 0.3) is 0 Å². The molecule has 0 amide bonds. The number of rotatable bonds is 1. The average molecular weight is 178 g/mol. The molecule has 10 heavy (non-hydrogen) atoms. The Labute approximate surface area is 65.3 Å². The van der Waals surface area contributed by atoms with Crippen molar-refractivity contribution >= 4 is 19.5 Å². The Bertz CT molecular complexity index is 111. The van der Waals surface area contributed by atoms with Crippen LogP contribution >= 0.6 is 0 Å². The highest BCUT2D eigenvalue weighted by molar-refractivity contribution is 6.57. The summed E-state index contributed by atoms with van der Waals surface area (Å²) in [7, 11) is -1.77. The quantitative estimate of drug-likeness (QED) is 0.456. The first-order chi connectivity index (χ1) is 4.65. The lowest BCUT2D eigenvalue weighted by molar-refractivity contribution is 0.0140. The Morgan fingerprint density at radius 3 is 2.40 bits per heavy atom. The van der Waals surface area contributed by atoms with E-state index in [1.807, 2.05) is 0 Å². The molecule has 2 N–H and O–H groups in total. The van der Waals surface area contributed by atoms with Gasteiger partial charge >= 0.3 is 9.28 Å². The highest BCUT2D eigenvalue weighted by atomic mass is 28.3. The second-order valence-corrected chi connectivity index (χ2v) is 7.81. The van der Waals surface area contributed by atoms with Gasteiger partial charge < -0.3 is 14.3 Å². The fourth-order valence-electron chi connectivity index (χ4n) is 1.16. The van der Waals surface area contributed by atoms with Crippen LogP contribution in [0.15, 0.2) is 0 Å². The third-order valence-corrected chi connectivity index (χ3v) is 5.93. The van der Waals surface area contributed by atoms with E-state index in [9.17, 15) is 0 Å². The molecular formula is C5H14O3Si2. The van der Waals surface area contributed by atoms with Gasteiger partial charge in [-0.2, -0.15) is 0 Å². The smallest absolute Gasteiger partial charge is 0.344 e. The molecule has 0 aromatic carbocycles. The van der Waals surface area contributed by atoms with E-state index >= 15 is 0 Å². The average Bonchev–Trinajstić information content (AvgIpc) is 1.89. The third-order valence-electron chi connectivity index (χ3n) is 2.05. The molecule has 0 saturated carbocycles. The van der Waals surface area contributed by atoms with E-state index in [0.29, 0.717) is 6.61 Å². The van der Waals surface area contributed by atoms with Crippen LogP contribution in [0.5, 0.6) is 0 Å². The van der Waals surface area contributed by atoms with Gasteiger partial charge in [0.2, 0.25) is 0 Å². The molecule has 0 bridgehead atoms. The first-order valence-electron chi connectivity index (χ1n) is 3.65. The molecule has 1 rings (SSSR count). The van der Waals surface area contributed by atoms with Crippen LogP contribution in [0.4, 0.5) is 0 Å². The molecule has 1 unspecified atom stereocenters. The second kappa shape index (κ2) is 3.14. The molecule has 0 aromatic heterocycles. The summed E-state index contributed by atoms with van der Waals surface area (Å²) in [5, 5.41) is 0. The Morgan fingerprint density at radius 2 is 2.10 bits per heavy atom. The first-order valence-corrected chi connectivity index (χ1v) is 6.26. The lowest BCUT2D eigenvalue weighted by Gasteiger charge is -2.33. The summed E-state index contributed by atoms with van der Waals surface area (Å²) in [4.78, 5) is 17.6. The van der Waals surface area contributed by atoms with Crippen LogP contribution in [0, 0.1) is 0 Å². The molecule has 0 aliphatic carbocycles. The Hall–Kier alpha value is 0.314. The number of hydrogen-bond acceptors (Lipinski definition) is 3. The predicted molar refractivity (Wildman–Crippen MR) is 44.1 cm³/mol. The third kappa shape index (κ3) is 1.67. The summed E-state index contributed by atoms with van der Waals surface area (Å²) in [6.45, 7) is 0.716. The Morgan fingerprint density at radius 1 is 1.40 bits per heavy atom. The summed E-state index contributed by atoms with van der Waals surface area (Å²) < 4.78 is 5.35. The minimum atomic E-state index is -2.53. The maximum Gasteiger partial charge on any atom is 0.344 e. The lowest BCUT2D eigenvalue weighted by Crippen LogP contribution is -2.51. The number of ether oxygens (including phenoxy) is 1. The molecule has 0 spiro atoms. The highest BCUT2D eigenvalue weighted by Gasteiger charge is 2.36. The summed E-state index contributed by atoms with van der Waals surface area (Å²) in [5.41, 5.74) is 0. The van der Waals surface area contributed by atoms with Gasteiger partial charge in [0.25, 0.3) is 0 Å². The van der Waals surface area contributed by atoms with Gasteiger partial charge in [0.05, 0.1) is 4.85 Å². The summed E-state index contributed by atoms with van der Waals surface area (Å²) in [5.74, 6) is 0. The van der Waals surface area contributed by atoms with Gasteiger partial charge in [-0.1, -0.05) is 0 Å². The minimum Gasteiger partial charge on any atom is -0.412 e. The van der Waals surface area contributed by atoms with E-state index in [1.165, 1.54) is 0 Å². The number of hydrogen-bond donors (Lipinski definition) is 2. The fourth-order valence-corrected chi connectivity index (χ4v) is 2.45. The molecule has 1 heterocycles. The van der Waals surface area contributed by atoms with Crippen LogP contribution in [0.1, 0.15) is 19.3 Å². The van der Waals surface area contributed by atoms with E-state index in [2.05, 4.69) is 0 Å². The Balaban J connectivity index is 2.48. The molecule has 1 fully saturated rings. The van der Waals surface area contributed by atoms with Crippen LogP contribution in [-0.4, -0.2) is 40.6 Å². The highest BCUT2D eigenvalue weighted by Crippen LogP contribution is 2.21. The summed E-state index contributed by atoms with van der Waals surface area (Å²) in [6.07, 6.45) is 3.03. The topological polar surface area (TPSA) is 49.7 Å². The van der Waals surface area contributed by atoms with Crippen LogP contribution < -0.4 is 0 Å². The minimum absolute atomic E-state index is 0.432. The van der Waals surface area contributed by atoms with Crippen LogP contribution in [0.3, 0.4) is 0 Å². The van der Waals surface area contributed by atoms with Gasteiger partial charge in [-0.3, -0.25) is 0 Å². The van der Waals surface area contributed by atoms with Gasteiger partial charge in [0.1, 0.15) is 0 Å². The Kier molecular flexibility index (Phi) is 2.64. The zero-order chi connectivity index (χ0) is 7.61. The van der Waals surface area contributed by atoms with E-state index < -0.39 is 14.1 Å².